The van der Waals surface area contributed by atoms with Crippen LogP contribution >= 0.6 is 0 Å². The van der Waals surface area contributed by atoms with E-state index in [-0.39, 0.29) is 11.4 Å². The third-order valence-electron chi connectivity index (χ3n) is 2.05. The van der Waals surface area contributed by atoms with Crippen molar-refractivity contribution in [2.45, 2.75) is 0 Å². The summed E-state index contributed by atoms with van der Waals surface area (Å²) in [5.74, 6) is 0.0194. The number of aromatic hydroxyl groups is 1. The van der Waals surface area contributed by atoms with Gasteiger partial charge in [-0.1, -0.05) is 0 Å². The van der Waals surface area contributed by atoms with Crippen LogP contribution in [0.3, 0.4) is 0 Å². The Morgan fingerprint density at radius 2 is 2.13 bits per heavy atom. The standard InChI is InChI=1S/C10H9N3O2/c1-13-6-8(5-11-13)7-2-9(12-15)4-10(14)3-7/h2-6,14H,1H3. The molecule has 0 spiro atoms. The summed E-state index contributed by atoms with van der Waals surface area (Å²) < 4.78 is 1.65. The third kappa shape index (κ3) is 1.85. The van der Waals surface area contributed by atoms with Crippen LogP contribution in [0.4, 0.5) is 5.69 Å². The molecule has 0 saturated heterocycles. The molecule has 2 rings (SSSR count). The van der Waals surface area contributed by atoms with Crippen molar-refractivity contribution in [2.75, 3.05) is 0 Å². The Morgan fingerprint density at radius 3 is 2.73 bits per heavy atom. The van der Waals surface area contributed by atoms with Crippen LogP contribution in [0, 0.1) is 4.91 Å². The van der Waals surface area contributed by atoms with Gasteiger partial charge in [0.2, 0.25) is 0 Å². The number of nitrogens with zero attached hydrogens (tertiary/aromatic N) is 3. The first kappa shape index (κ1) is 9.39. The van der Waals surface area contributed by atoms with E-state index < -0.39 is 0 Å². The molecule has 0 aliphatic carbocycles. The van der Waals surface area contributed by atoms with Gasteiger partial charge in [0.25, 0.3) is 0 Å². The molecule has 0 saturated carbocycles. The van der Waals surface area contributed by atoms with Gasteiger partial charge in [0.1, 0.15) is 11.4 Å². The monoisotopic (exact) mass is 203 g/mol. The Morgan fingerprint density at radius 1 is 1.33 bits per heavy atom. The normalized spacial score (nSPS) is 10.2. The van der Waals surface area contributed by atoms with E-state index in [1.807, 2.05) is 0 Å². The summed E-state index contributed by atoms with van der Waals surface area (Å²) in [7, 11) is 1.80. The fourth-order valence-corrected chi connectivity index (χ4v) is 1.38. The lowest BCUT2D eigenvalue weighted by Crippen LogP contribution is -1.84. The van der Waals surface area contributed by atoms with Gasteiger partial charge in [-0.3, -0.25) is 4.68 Å². The summed E-state index contributed by atoms with van der Waals surface area (Å²) in [6, 6.07) is 4.47. The lowest BCUT2D eigenvalue weighted by molar-refractivity contribution is 0.476. The molecule has 0 radical (unpaired) electrons. The molecule has 1 N–H and O–H groups in total. The van der Waals surface area contributed by atoms with Crippen molar-refractivity contribution >= 4 is 5.69 Å². The first-order valence-electron chi connectivity index (χ1n) is 4.35. The van der Waals surface area contributed by atoms with Crippen molar-refractivity contribution in [1.82, 2.24) is 9.78 Å². The van der Waals surface area contributed by atoms with Gasteiger partial charge >= 0.3 is 0 Å². The van der Waals surface area contributed by atoms with Gasteiger partial charge in [0.15, 0.2) is 0 Å². The molecule has 5 nitrogen and oxygen atoms in total. The lowest BCUT2D eigenvalue weighted by atomic mass is 10.1. The SMILES string of the molecule is Cn1cc(-c2cc(O)cc(N=O)c2)cn1. The molecule has 0 amide bonds. The van der Waals surface area contributed by atoms with E-state index in [4.69, 9.17) is 0 Å². The van der Waals surface area contributed by atoms with Crippen LogP contribution in [-0.4, -0.2) is 14.9 Å². The molecule has 5 heteroatoms. The number of rotatable bonds is 2. The Labute approximate surface area is 85.9 Å². The fourth-order valence-electron chi connectivity index (χ4n) is 1.38. The van der Waals surface area contributed by atoms with Gasteiger partial charge < -0.3 is 5.11 Å². The largest absolute Gasteiger partial charge is 0.508 e. The number of phenolic OH excluding ortho intramolecular Hbond substituents is 1. The zero-order valence-electron chi connectivity index (χ0n) is 8.08. The number of aryl methyl sites for hydroxylation is 1. The Hall–Kier alpha value is -2.17. The predicted octanol–water partition coefficient (Wildman–Crippen LogP) is 2.19. The predicted molar refractivity (Wildman–Crippen MR) is 55.8 cm³/mol. The molecule has 0 fully saturated rings. The van der Waals surface area contributed by atoms with Crippen molar-refractivity contribution in [2.24, 2.45) is 12.2 Å². The zero-order chi connectivity index (χ0) is 10.8. The van der Waals surface area contributed by atoms with Crippen LogP contribution in [0.2, 0.25) is 0 Å². The van der Waals surface area contributed by atoms with Crippen molar-refractivity contribution in [3.8, 4) is 16.9 Å². The Balaban J connectivity index is 2.52. The van der Waals surface area contributed by atoms with Crippen LogP contribution < -0.4 is 0 Å². The van der Waals surface area contributed by atoms with E-state index in [2.05, 4.69) is 10.3 Å². The van der Waals surface area contributed by atoms with Gasteiger partial charge in [-0.25, -0.2) is 0 Å². The van der Waals surface area contributed by atoms with Gasteiger partial charge in [-0.05, 0) is 22.9 Å². The second-order valence-electron chi connectivity index (χ2n) is 3.23. The smallest absolute Gasteiger partial charge is 0.118 e. The summed E-state index contributed by atoms with van der Waals surface area (Å²) in [5.41, 5.74) is 1.75. The van der Waals surface area contributed by atoms with Crippen LogP contribution in [0.1, 0.15) is 0 Å². The quantitative estimate of drug-likeness (QED) is 0.760. The maximum absolute atomic E-state index is 10.4. The van der Waals surface area contributed by atoms with Crippen molar-refractivity contribution in [3.63, 3.8) is 0 Å². The fraction of sp³-hybridized carbons (Fsp3) is 0.100. The molecule has 0 bridgehead atoms. The molecule has 1 aromatic heterocycles. The molecular formula is C10H9N3O2. The highest BCUT2D eigenvalue weighted by Gasteiger charge is 2.04. The molecule has 76 valence electrons. The first-order chi connectivity index (χ1) is 7.19. The highest BCUT2D eigenvalue weighted by Crippen LogP contribution is 2.28. The molecule has 0 unspecified atom stereocenters. The van der Waals surface area contributed by atoms with E-state index in [0.717, 1.165) is 11.1 Å². The maximum atomic E-state index is 10.4. The Kier molecular flexibility index (Phi) is 2.21. The highest BCUT2D eigenvalue weighted by molar-refractivity contribution is 5.68. The molecule has 0 aliphatic heterocycles. The second-order valence-corrected chi connectivity index (χ2v) is 3.23. The number of phenols is 1. The van der Waals surface area contributed by atoms with Crippen LogP contribution in [0.5, 0.6) is 5.75 Å². The van der Waals surface area contributed by atoms with E-state index >= 15 is 0 Å². The topological polar surface area (TPSA) is 67.5 Å². The van der Waals surface area contributed by atoms with Gasteiger partial charge in [0.05, 0.1) is 6.20 Å². The third-order valence-corrected chi connectivity index (χ3v) is 2.05. The summed E-state index contributed by atoms with van der Waals surface area (Å²) in [6.07, 6.45) is 3.45. The minimum Gasteiger partial charge on any atom is -0.508 e. The molecule has 1 aromatic carbocycles. The molecule has 2 aromatic rings. The van der Waals surface area contributed by atoms with Gasteiger partial charge in [0, 0.05) is 24.9 Å². The average molecular weight is 203 g/mol. The van der Waals surface area contributed by atoms with Gasteiger partial charge in [-0.2, -0.15) is 5.10 Å². The number of aromatic nitrogens is 2. The summed E-state index contributed by atoms with van der Waals surface area (Å²) in [5, 5.41) is 16.2. The zero-order valence-corrected chi connectivity index (χ0v) is 8.08. The number of hydrogen-bond acceptors (Lipinski definition) is 4. The summed E-state index contributed by atoms with van der Waals surface area (Å²) in [6.45, 7) is 0. The average Bonchev–Trinajstić information content (AvgIpc) is 2.64. The van der Waals surface area contributed by atoms with E-state index in [0.29, 0.717) is 0 Å². The van der Waals surface area contributed by atoms with Crippen molar-refractivity contribution in [1.29, 1.82) is 0 Å². The lowest BCUT2D eigenvalue weighted by Gasteiger charge is -1.99. The molecular weight excluding hydrogens is 194 g/mol. The van der Waals surface area contributed by atoms with Crippen LogP contribution in [0.15, 0.2) is 35.8 Å². The number of nitroso groups, excluding NO2 is 1. The molecule has 0 atom stereocenters. The molecule has 1 heterocycles. The summed E-state index contributed by atoms with van der Waals surface area (Å²) >= 11 is 0. The first-order valence-corrected chi connectivity index (χ1v) is 4.35. The highest BCUT2D eigenvalue weighted by atomic mass is 16.3. The minimum atomic E-state index is 0.0194. The van der Waals surface area contributed by atoms with E-state index in [1.165, 1.54) is 6.07 Å². The Bertz CT molecular complexity index is 505. The van der Waals surface area contributed by atoms with Crippen molar-refractivity contribution in [3.05, 3.63) is 35.5 Å². The maximum Gasteiger partial charge on any atom is 0.118 e. The summed E-state index contributed by atoms with van der Waals surface area (Å²) in [4.78, 5) is 10.4. The van der Waals surface area contributed by atoms with Crippen LogP contribution in [-0.2, 0) is 7.05 Å². The second kappa shape index (κ2) is 3.53. The van der Waals surface area contributed by atoms with E-state index in [9.17, 15) is 10.0 Å². The van der Waals surface area contributed by atoms with Gasteiger partial charge in [-0.15, -0.1) is 4.91 Å². The van der Waals surface area contributed by atoms with E-state index in [1.54, 1.807) is 36.3 Å². The molecule has 0 aliphatic rings. The van der Waals surface area contributed by atoms with Crippen molar-refractivity contribution < 1.29 is 5.11 Å². The number of hydrogen-bond donors (Lipinski definition) is 1. The molecule has 15 heavy (non-hydrogen) atoms. The number of benzene rings is 1. The minimum absolute atomic E-state index is 0.0194. The van der Waals surface area contributed by atoms with Crippen LogP contribution in [0.25, 0.3) is 11.1 Å².